The molecule has 0 aliphatic heterocycles. The highest BCUT2D eigenvalue weighted by Gasteiger charge is 1.92. The van der Waals surface area contributed by atoms with Gasteiger partial charge in [0.25, 0.3) is 0 Å². The molecule has 0 heterocycles. The van der Waals surface area contributed by atoms with Crippen molar-refractivity contribution in [2.75, 3.05) is 12.0 Å². The molecule has 0 aliphatic rings. The first-order chi connectivity index (χ1) is 7.72. The molecule has 0 atom stereocenters. The van der Waals surface area contributed by atoms with Crippen LogP contribution in [-0.4, -0.2) is 17.1 Å². The fraction of sp³-hybridized carbons (Fsp3) is 0.308. The third-order valence-corrected chi connectivity index (χ3v) is 3.61. The Kier molecular flexibility index (Phi) is 6.34. The lowest BCUT2D eigenvalue weighted by atomic mass is 10.2. The summed E-state index contributed by atoms with van der Waals surface area (Å²) in [5, 5.41) is 0.192. The summed E-state index contributed by atoms with van der Waals surface area (Å²) in [6.45, 7) is 1.61. The fourth-order valence-electron chi connectivity index (χ4n) is 1.21. The molecule has 0 aliphatic carbocycles. The van der Waals surface area contributed by atoms with Gasteiger partial charge < -0.3 is 0 Å². The maximum absolute atomic E-state index is 10.7. The lowest BCUT2D eigenvalue weighted by Crippen LogP contribution is -1.83. The normalized spacial score (nSPS) is 10.9. The topological polar surface area (TPSA) is 17.1 Å². The molecule has 0 amide bonds. The van der Waals surface area contributed by atoms with Crippen molar-refractivity contribution in [3.63, 3.8) is 0 Å². The van der Waals surface area contributed by atoms with Crippen molar-refractivity contribution in [2.45, 2.75) is 18.2 Å². The van der Waals surface area contributed by atoms with Crippen molar-refractivity contribution in [1.82, 2.24) is 0 Å². The second kappa shape index (κ2) is 7.58. The van der Waals surface area contributed by atoms with E-state index >= 15 is 0 Å². The van der Waals surface area contributed by atoms with Crippen LogP contribution in [0.2, 0.25) is 0 Å². The standard InChI is InChI=1S/C13H16OS2/c1-11(14)16-10-4-3-5-12-6-8-13(15-2)9-7-12/h3,5-9H,4,10H2,1-2H3. The van der Waals surface area contributed by atoms with E-state index in [4.69, 9.17) is 0 Å². The second-order valence-corrected chi connectivity index (χ2v) is 5.46. The van der Waals surface area contributed by atoms with Crippen LogP contribution in [0, 0.1) is 0 Å². The predicted octanol–water partition coefficient (Wildman–Crippen LogP) is 4.09. The summed E-state index contributed by atoms with van der Waals surface area (Å²) >= 11 is 3.13. The van der Waals surface area contributed by atoms with Gasteiger partial charge in [-0.1, -0.05) is 36.0 Å². The van der Waals surface area contributed by atoms with Crippen LogP contribution in [0.25, 0.3) is 6.08 Å². The second-order valence-electron chi connectivity index (χ2n) is 3.30. The van der Waals surface area contributed by atoms with Crippen molar-refractivity contribution in [1.29, 1.82) is 0 Å². The highest BCUT2D eigenvalue weighted by atomic mass is 32.2. The largest absolute Gasteiger partial charge is 0.288 e. The SMILES string of the molecule is CSc1ccc(C=CCCSC(C)=O)cc1. The van der Waals surface area contributed by atoms with E-state index in [1.54, 1.807) is 18.7 Å². The highest BCUT2D eigenvalue weighted by Crippen LogP contribution is 2.15. The van der Waals surface area contributed by atoms with Crippen molar-refractivity contribution < 1.29 is 4.79 Å². The molecule has 86 valence electrons. The quantitative estimate of drug-likeness (QED) is 0.580. The van der Waals surface area contributed by atoms with Crippen molar-refractivity contribution >= 4 is 34.7 Å². The third-order valence-electron chi connectivity index (χ3n) is 2.02. The van der Waals surface area contributed by atoms with E-state index in [9.17, 15) is 4.79 Å². The van der Waals surface area contributed by atoms with Crippen LogP contribution in [0.3, 0.4) is 0 Å². The Morgan fingerprint density at radius 1 is 1.31 bits per heavy atom. The molecule has 0 saturated heterocycles. The Balaban J connectivity index is 2.35. The van der Waals surface area contributed by atoms with Crippen molar-refractivity contribution in [3.8, 4) is 0 Å². The van der Waals surface area contributed by atoms with Gasteiger partial charge in [-0.25, -0.2) is 0 Å². The zero-order chi connectivity index (χ0) is 11.8. The summed E-state index contributed by atoms with van der Waals surface area (Å²) in [5.41, 5.74) is 1.21. The molecular formula is C13H16OS2. The molecule has 0 unspecified atom stereocenters. The van der Waals surface area contributed by atoms with E-state index in [1.807, 2.05) is 0 Å². The predicted molar refractivity (Wildman–Crippen MR) is 75.0 cm³/mol. The third kappa shape index (κ3) is 5.42. The van der Waals surface area contributed by atoms with Gasteiger partial charge in [0.05, 0.1) is 0 Å². The Bertz CT molecular complexity index is 355. The van der Waals surface area contributed by atoms with Gasteiger partial charge >= 0.3 is 0 Å². The van der Waals surface area contributed by atoms with Gasteiger partial charge in [-0.15, -0.1) is 11.8 Å². The Morgan fingerprint density at radius 3 is 2.56 bits per heavy atom. The Morgan fingerprint density at radius 2 is 2.00 bits per heavy atom. The van der Waals surface area contributed by atoms with Gasteiger partial charge in [-0.2, -0.15) is 0 Å². The van der Waals surface area contributed by atoms with Crippen LogP contribution in [-0.2, 0) is 4.79 Å². The monoisotopic (exact) mass is 252 g/mol. The molecule has 0 bridgehead atoms. The van der Waals surface area contributed by atoms with E-state index in [1.165, 1.54) is 22.2 Å². The molecule has 0 saturated carbocycles. The average Bonchev–Trinajstić information content (AvgIpc) is 2.29. The van der Waals surface area contributed by atoms with E-state index in [0.717, 1.165) is 12.2 Å². The van der Waals surface area contributed by atoms with E-state index < -0.39 is 0 Å². The van der Waals surface area contributed by atoms with Crippen LogP contribution in [0.15, 0.2) is 35.2 Å². The molecule has 1 aromatic carbocycles. The minimum atomic E-state index is 0.192. The molecule has 0 N–H and O–H groups in total. The number of allylic oxidation sites excluding steroid dienone is 1. The summed E-state index contributed by atoms with van der Waals surface area (Å²) in [6.07, 6.45) is 7.23. The van der Waals surface area contributed by atoms with E-state index in [-0.39, 0.29) is 5.12 Å². The number of rotatable bonds is 5. The van der Waals surface area contributed by atoms with E-state index in [2.05, 4.69) is 42.7 Å². The molecule has 0 fully saturated rings. The van der Waals surface area contributed by atoms with Crippen LogP contribution in [0.5, 0.6) is 0 Å². The fourth-order valence-corrected chi connectivity index (χ4v) is 2.15. The van der Waals surface area contributed by atoms with Gasteiger partial charge in [-0.05, 0) is 30.4 Å². The number of carbonyl (C=O) groups excluding carboxylic acids is 1. The van der Waals surface area contributed by atoms with Gasteiger partial charge in [-0.3, -0.25) is 4.79 Å². The summed E-state index contributed by atoms with van der Waals surface area (Å²) in [6, 6.07) is 8.46. The molecule has 1 rings (SSSR count). The average molecular weight is 252 g/mol. The minimum absolute atomic E-state index is 0.192. The van der Waals surface area contributed by atoms with Gasteiger partial charge in [0.15, 0.2) is 5.12 Å². The molecule has 1 aromatic rings. The van der Waals surface area contributed by atoms with Gasteiger partial charge in [0.2, 0.25) is 0 Å². The number of hydrogen-bond acceptors (Lipinski definition) is 3. The lowest BCUT2D eigenvalue weighted by molar-refractivity contribution is -0.109. The number of thioether (sulfide) groups is 2. The zero-order valence-electron chi connectivity index (χ0n) is 9.60. The molecule has 0 spiro atoms. The molecule has 3 heteroatoms. The summed E-state index contributed by atoms with van der Waals surface area (Å²) in [7, 11) is 0. The minimum Gasteiger partial charge on any atom is -0.288 e. The van der Waals surface area contributed by atoms with Crippen LogP contribution < -0.4 is 0 Å². The molecule has 16 heavy (non-hydrogen) atoms. The lowest BCUT2D eigenvalue weighted by Gasteiger charge is -1.97. The van der Waals surface area contributed by atoms with Crippen LogP contribution >= 0.6 is 23.5 Å². The molecule has 0 aromatic heterocycles. The zero-order valence-corrected chi connectivity index (χ0v) is 11.2. The Hall–Kier alpha value is -0.670. The first-order valence-electron chi connectivity index (χ1n) is 5.16. The first-order valence-corrected chi connectivity index (χ1v) is 7.37. The van der Waals surface area contributed by atoms with Crippen LogP contribution in [0.1, 0.15) is 18.9 Å². The van der Waals surface area contributed by atoms with Crippen molar-refractivity contribution in [3.05, 3.63) is 35.9 Å². The number of carbonyl (C=O) groups is 1. The van der Waals surface area contributed by atoms with Crippen molar-refractivity contribution in [2.24, 2.45) is 0 Å². The number of hydrogen-bond donors (Lipinski definition) is 0. The summed E-state index contributed by atoms with van der Waals surface area (Å²) in [4.78, 5) is 12.0. The molecule has 1 nitrogen and oxygen atoms in total. The van der Waals surface area contributed by atoms with Gasteiger partial charge in [0.1, 0.15) is 0 Å². The van der Waals surface area contributed by atoms with Crippen LogP contribution in [0.4, 0.5) is 0 Å². The molecular weight excluding hydrogens is 236 g/mol. The summed E-state index contributed by atoms with van der Waals surface area (Å²) < 4.78 is 0. The summed E-state index contributed by atoms with van der Waals surface area (Å²) in [5.74, 6) is 0.870. The first kappa shape index (κ1) is 13.4. The maximum atomic E-state index is 10.7. The highest BCUT2D eigenvalue weighted by molar-refractivity contribution is 8.13. The van der Waals surface area contributed by atoms with E-state index in [0.29, 0.717) is 0 Å². The number of benzene rings is 1. The smallest absolute Gasteiger partial charge is 0.185 e. The Labute approximate surface area is 106 Å². The maximum Gasteiger partial charge on any atom is 0.185 e. The molecule has 0 radical (unpaired) electrons. The van der Waals surface area contributed by atoms with Gasteiger partial charge in [0, 0.05) is 17.6 Å².